The molecule has 1 atom stereocenters. The first kappa shape index (κ1) is 15.4. The molecule has 0 aliphatic carbocycles. The van der Waals surface area contributed by atoms with Gasteiger partial charge in [0.25, 0.3) is 0 Å². The van der Waals surface area contributed by atoms with Crippen molar-refractivity contribution in [1.82, 2.24) is 10.6 Å². The van der Waals surface area contributed by atoms with Crippen LogP contribution in [0.25, 0.3) is 0 Å². The van der Waals surface area contributed by atoms with Gasteiger partial charge in [0, 0.05) is 13.1 Å². The van der Waals surface area contributed by atoms with E-state index in [1.165, 1.54) is 0 Å². The molecule has 17 heavy (non-hydrogen) atoms. The second-order valence-electron chi connectivity index (χ2n) is 4.48. The van der Waals surface area contributed by atoms with Gasteiger partial charge < -0.3 is 20.5 Å². The molecule has 0 aliphatic rings. The lowest BCUT2D eigenvalue weighted by Crippen LogP contribution is -2.48. The Morgan fingerprint density at radius 3 is 2.47 bits per heavy atom. The third kappa shape index (κ3) is 8.27. The topological polar surface area (TPSA) is 87.7 Å². The Morgan fingerprint density at radius 2 is 2.06 bits per heavy atom. The van der Waals surface area contributed by atoms with Gasteiger partial charge in [-0.1, -0.05) is 6.08 Å². The summed E-state index contributed by atoms with van der Waals surface area (Å²) in [5.41, 5.74) is -0.651. The van der Waals surface area contributed by atoms with Gasteiger partial charge in [-0.15, -0.1) is 6.58 Å². The molecular formula is C11H20N2O4. The molecule has 3 N–H and O–H groups in total. The van der Waals surface area contributed by atoms with E-state index >= 15 is 0 Å². The molecule has 98 valence electrons. The average Bonchev–Trinajstić information content (AvgIpc) is 2.13. The van der Waals surface area contributed by atoms with Crippen molar-refractivity contribution < 1.29 is 19.4 Å². The van der Waals surface area contributed by atoms with Crippen LogP contribution in [0.15, 0.2) is 12.7 Å². The zero-order chi connectivity index (χ0) is 13.5. The molecule has 0 spiro atoms. The molecule has 0 radical (unpaired) electrons. The van der Waals surface area contributed by atoms with Gasteiger partial charge in [-0.2, -0.15) is 0 Å². The minimum absolute atomic E-state index is 0.112. The van der Waals surface area contributed by atoms with E-state index in [0.29, 0.717) is 6.54 Å². The fourth-order valence-corrected chi connectivity index (χ4v) is 0.980. The SMILES string of the molecule is C=CCNC[C@@H](NC(=O)OC(C)(C)C)C(=O)O. The highest BCUT2D eigenvalue weighted by atomic mass is 16.6. The van der Waals surface area contributed by atoms with E-state index in [-0.39, 0.29) is 6.54 Å². The summed E-state index contributed by atoms with van der Waals surface area (Å²) in [6.07, 6.45) is 0.858. The van der Waals surface area contributed by atoms with Gasteiger partial charge >= 0.3 is 12.1 Å². The van der Waals surface area contributed by atoms with Crippen molar-refractivity contribution >= 4 is 12.1 Å². The molecule has 0 heterocycles. The van der Waals surface area contributed by atoms with E-state index < -0.39 is 23.7 Å². The fraction of sp³-hybridized carbons (Fsp3) is 0.636. The minimum atomic E-state index is -1.12. The van der Waals surface area contributed by atoms with Crippen LogP contribution in [0, 0.1) is 0 Å². The summed E-state index contributed by atoms with van der Waals surface area (Å²) < 4.78 is 4.96. The second kappa shape index (κ2) is 6.90. The van der Waals surface area contributed by atoms with Gasteiger partial charge in [-0.25, -0.2) is 9.59 Å². The van der Waals surface area contributed by atoms with Crippen molar-refractivity contribution in [2.75, 3.05) is 13.1 Å². The predicted molar refractivity (Wildman–Crippen MR) is 63.9 cm³/mol. The number of hydrogen-bond acceptors (Lipinski definition) is 4. The van der Waals surface area contributed by atoms with Gasteiger partial charge in [-0.3, -0.25) is 0 Å². The lowest BCUT2D eigenvalue weighted by molar-refractivity contribution is -0.139. The van der Waals surface area contributed by atoms with Crippen molar-refractivity contribution in [2.24, 2.45) is 0 Å². The molecule has 0 aliphatic heterocycles. The van der Waals surface area contributed by atoms with Crippen LogP contribution in [0.2, 0.25) is 0 Å². The summed E-state index contributed by atoms with van der Waals surface area (Å²) in [5.74, 6) is -1.12. The summed E-state index contributed by atoms with van der Waals surface area (Å²) >= 11 is 0. The van der Waals surface area contributed by atoms with Gasteiger partial charge in [0.15, 0.2) is 0 Å². The van der Waals surface area contributed by atoms with Crippen molar-refractivity contribution in [3.05, 3.63) is 12.7 Å². The first-order valence-corrected chi connectivity index (χ1v) is 5.30. The highest BCUT2D eigenvalue weighted by molar-refractivity contribution is 5.80. The summed E-state index contributed by atoms with van der Waals surface area (Å²) in [6.45, 7) is 9.19. The Morgan fingerprint density at radius 1 is 1.47 bits per heavy atom. The van der Waals surface area contributed by atoms with Crippen molar-refractivity contribution in [3.8, 4) is 0 Å². The zero-order valence-electron chi connectivity index (χ0n) is 10.4. The number of hydrogen-bond donors (Lipinski definition) is 3. The minimum Gasteiger partial charge on any atom is -0.480 e. The van der Waals surface area contributed by atoms with Crippen molar-refractivity contribution in [2.45, 2.75) is 32.4 Å². The lowest BCUT2D eigenvalue weighted by atomic mass is 10.2. The number of carbonyl (C=O) groups is 2. The standard InChI is InChI=1S/C11H20N2O4/c1-5-6-12-7-8(9(14)15)13-10(16)17-11(2,3)4/h5,8,12H,1,6-7H2,2-4H3,(H,13,16)(H,14,15)/t8-/m1/s1. The Balaban J connectivity index is 4.20. The average molecular weight is 244 g/mol. The molecule has 0 bridgehead atoms. The first-order valence-electron chi connectivity index (χ1n) is 5.30. The van der Waals surface area contributed by atoms with Crippen LogP contribution in [-0.2, 0) is 9.53 Å². The fourth-order valence-electron chi connectivity index (χ4n) is 0.980. The van der Waals surface area contributed by atoms with E-state index in [0.717, 1.165) is 0 Å². The summed E-state index contributed by atoms with van der Waals surface area (Å²) in [4.78, 5) is 22.2. The number of rotatable bonds is 6. The van der Waals surface area contributed by atoms with Crippen LogP contribution >= 0.6 is 0 Å². The van der Waals surface area contributed by atoms with E-state index in [1.54, 1.807) is 26.8 Å². The van der Waals surface area contributed by atoms with Crippen LogP contribution in [0.3, 0.4) is 0 Å². The highest BCUT2D eigenvalue weighted by Gasteiger charge is 2.23. The second-order valence-corrected chi connectivity index (χ2v) is 4.48. The maximum Gasteiger partial charge on any atom is 0.408 e. The summed E-state index contributed by atoms with van der Waals surface area (Å²) in [6, 6.07) is -1.02. The summed E-state index contributed by atoms with van der Waals surface area (Å²) in [5, 5.41) is 14.0. The van der Waals surface area contributed by atoms with E-state index in [1.807, 2.05) is 0 Å². The van der Waals surface area contributed by atoms with Gasteiger partial charge in [0.05, 0.1) is 0 Å². The van der Waals surface area contributed by atoms with Crippen molar-refractivity contribution in [1.29, 1.82) is 0 Å². The van der Waals surface area contributed by atoms with E-state index in [4.69, 9.17) is 9.84 Å². The Kier molecular flexibility index (Phi) is 6.27. The monoisotopic (exact) mass is 244 g/mol. The number of aliphatic carboxylic acids is 1. The van der Waals surface area contributed by atoms with Crippen LogP contribution in [0.4, 0.5) is 4.79 Å². The number of carboxylic acids is 1. The van der Waals surface area contributed by atoms with E-state index in [9.17, 15) is 9.59 Å². The number of nitrogens with one attached hydrogen (secondary N) is 2. The lowest BCUT2D eigenvalue weighted by Gasteiger charge is -2.22. The molecule has 1 amide bonds. The molecule has 6 nitrogen and oxygen atoms in total. The first-order chi connectivity index (χ1) is 7.76. The molecule has 0 saturated carbocycles. The number of amides is 1. The smallest absolute Gasteiger partial charge is 0.408 e. The predicted octanol–water partition coefficient (Wildman–Crippen LogP) is 0.740. The van der Waals surface area contributed by atoms with Crippen molar-refractivity contribution in [3.63, 3.8) is 0 Å². The van der Waals surface area contributed by atoms with Gasteiger partial charge in [-0.05, 0) is 20.8 Å². The van der Waals surface area contributed by atoms with Gasteiger partial charge in [0.1, 0.15) is 11.6 Å². The zero-order valence-corrected chi connectivity index (χ0v) is 10.4. The quantitative estimate of drug-likeness (QED) is 0.474. The third-order valence-electron chi connectivity index (χ3n) is 1.63. The largest absolute Gasteiger partial charge is 0.480 e. The molecule has 0 rings (SSSR count). The molecule has 0 aromatic carbocycles. The van der Waals surface area contributed by atoms with Crippen LogP contribution in [0.5, 0.6) is 0 Å². The number of carboxylic acid groups (broad SMARTS) is 1. The summed E-state index contributed by atoms with van der Waals surface area (Å²) in [7, 11) is 0. The molecule has 0 unspecified atom stereocenters. The Labute approximate surface area is 101 Å². The third-order valence-corrected chi connectivity index (χ3v) is 1.63. The van der Waals surface area contributed by atoms with E-state index in [2.05, 4.69) is 17.2 Å². The Hall–Kier alpha value is -1.56. The maximum absolute atomic E-state index is 11.4. The number of carbonyl (C=O) groups excluding carboxylic acids is 1. The molecule has 0 aromatic rings. The molecular weight excluding hydrogens is 224 g/mol. The molecule has 0 aromatic heterocycles. The molecule has 6 heteroatoms. The normalized spacial score (nSPS) is 12.6. The number of alkyl carbamates (subject to hydrolysis) is 1. The molecule has 0 fully saturated rings. The number of ether oxygens (including phenoxy) is 1. The van der Waals surface area contributed by atoms with Crippen LogP contribution in [-0.4, -0.2) is 41.9 Å². The highest BCUT2D eigenvalue weighted by Crippen LogP contribution is 2.06. The maximum atomic E-state index is 11.4. The van der Waals surface area contributed by atoms with Gasteiger partial charge in [0.2, 0.25) is 0 Å². The Bertz CT molecular complexity index is 284. The van der Waals surface area contributed by atoms with Crippen LogP contribution < -0.4 is 10.6 Å². The molecule has 0 saturated heterocycles. The van der Waals surface area contributed by atoms with Crippen LogP contribution in [0.1, 0.15) is 20.8 Å².